The average molecular weight is 830 g/mol. The van der Waals surface area contributed by atoms with Crippen LogP contribution in [0.1, 0.15) is 212 Å². The quantitative estimate of drug-likeness (QED) is 0.264. The van der Waals surface area contributed by atoms with Crippen LogP contribution in [0.5, 0.6) is 0 Å². The van der Waals surface area contributed by atoms with Crippen molar-refractivity contribution in [3.05, 3.63) is 0 Å². The lowest BCUT2D eigenvalue weighted by atomic mass is 9.61. The lowest BCUT2D eigenvalue weighted by molar-refractivity contribution is -0.0200. The first-order valence-corrected chi connectivity index (χ1v) is 29.4. The van der Waals surface area contributed by atoms with Gasteiger partial charge in [-0.05, 0) is 200 Å². The Balaban J connectivity index is 0.738. The highest BCUT2D eigenvalue weighted by molar-refractivity contribution is 8.01. The van der Waals surface area contributed by atoms with E-state index in [1.165, 1.54) is 57.8 Å². The van der Waals surface area contributed by atoms with Gasteiger partial charge in [0, 0.05) is 45.0 Å². The molecule has 16 unspecified atom stereocenters. The maximum absolute atomic E-state index is 6.90. The molecule has 0 aromatic rings. The SMILES string of the molecule is C1CCC(C2CCCCC2C2CCC(N(C3CCC(C4CCCC5C6CCC7OC8CCCCC8C7C6SC45)CC3)C3CCC4SC5CCCCC5C4C3)CC2)CC1. The smallest absolute Gasteiger partial charge is 0.0621 e. The maximum atomic E-state index is 6.90. The Labute approximate surface area is 365 Å². The summed E-state index contributed by atoms with van der Waals surface area (Å²) in [5.41, 5.74) is 0. The Morgan fingerprint density at radius 2 is 0.862 bits per heavy atom. The second kappa shape index (κ2) is 17.5. The largest absolute Gasteiger partial charge is 0.374 e. The minimum absolute atomic E-state index is 0.625. The van der Waals surface area contributed by atoms with Crippen molar-refractivity contribution in [2.24, 2.45) is 71.0 Å². The second-order valence-electron chi connectivity index (χ2n) is 24.2. The minimum atomic E-state index is 0.625. The number of nitrogens with zero attached hydrogens (tertiary/aromatic N) is 1. The van der Waals surface area contributed by atoms with Gasteiger partial charge in [-0.25, -0.2) is 0 Å². The molecule has 3 heterocycles. The molecule has 9 saturated carbocycles. The van der Waals surface area contributed by atoms with Crippen molar-refractivity contribution in [2.45, 2.75) is 263 Å². The lowest BCUT2D eigenvalue weighted by Gasteiger charge is -2.52. The zero-order valence-corrected chi connectivity index (χ0v) is 38.8. The monoisotopic (exact) mass is 830 g/mol. The zero-order valence-electron chi connectivity index (χ0n) is 37.1. The highest BCUT2D eigenvalue weighted by Gasteiger charge is 2.60. The fourth-order valence-electron chi connectivity index (χ4n) is 19.6. The molecule has 326 valence electrons. The van der Waals surface area contributed by atoms with Crippen LogP contribution in [0.15, 0.2) is 0 Å². The molecule has 12 aliphatic rings. The molecule has 4 heteroatoms. The van der Waals surface area contributed by atoms with E-state index >= 15 is 0 Å². The molecule has 0 bridgehead atoms. The molecule has 12 rings (SSSR count). The van der Waals surface area contributed by atoms with E-state index in [0.29, 0.717) is 12.2 Å². The van der Waals surface area contributed by atoms with Crippen LogP contribution in [0, 0.1) is 71.0 Å². The van der Waals surface area contributed by atoms with E-state index in [2.05, 4.69) is 28.4 Å². The van der Waals surface area contributed by atoms with Gasteiger partial charge in [0.1, 0.15) is 0 Å². The van der Waals surface area contributed by atoms with E-state index < -0.39 is 0 Å². The molecule has 12 fully saturated rings. The molecule has 58 heavy (non-hydrogen) atoms. The Kier molecular flexibility index (Phi) is 12.1. The highest BCUT2D eigenvalue weighted by atomic mass is 32.2. The topological polar surface area (TPSA) is 12.5 Å². The molecule has 16 atom stereocenters. The van der Waals surface area contributed by atoms with E-state index in [0.717, 1.165) is 110 Å². The molecule has 0 amide bonds. The van der Waals surface area contributed by atoms with E-state index in [-0.39, 0.29) is 0 Å². The van der Waals surface area contributed by atoms with Crippen LogP contribution >= 0.6 is 23.5 Å². The van der Waals surface area contributed by atoms with Gasteiger partial charge in [0.05, 0.1) is 12.2 Å². The molecule has 0 aromatic carbocycles. The number of hydrogen-bond acceptors (Lipinski definition) is 4. The van der Waals surface area contributed by atoms with Crippen molar-refractivity contribution < 1.29 is 4.74 Å². The summed E-state index contributed by atoms with van der Waals surface area (Å²) in [6.07, 6.45) is 52.1. The molecule has 0 radical (unpaired) electrons. The van der Waals surface area contributed by atoms with E-state index in [4.69, 9.17) is 4.74 Å². The van der Waals surface area contributed by atoms with Crippen LogP contribution in [0.25, 0.3) is 0 Å². The number of fused-ring (bicyclic) bond motifs is 10. The summed E-state index contributed by atoms with van der Waals surface area (Å²) >= 11 is 5.12. The fourth-order valence-corrected chi connectivity index (χ4v) is 24.2. The third kappa shape index (κ3) is 7.42. The summed E-state index contributed by atoms with van der Waals surface area (Å²) in [4.78, 5) is 3.42. The van der Waals surface area contributed by atoms with Gasteiger partial charge in [-0.2, -0.15) is 23.5 Å². The van der Waals surface area contributed by atoms with Crippen LogP contribution in [0.4, 0.5) is 0 Å². The predicted molar refractivity (Wildman–Crippen MR) is 246 cm³/mol. The first-order chi connectivity index (χ1) is 28.7. The third-order valence-corrected chi connectivity index (χ3v) is 25.8. The molecule has 2 nitrogen and oxygen atoms in total. The predicted octanol–water partition coefficient (Wildman–Crippen LogP) is 14.5. The third-order valence-electron chi connectivity index (χ3n) is 21.9. The normalized spacial score (nSPS) is 53.5. The molecule has 3 saturated heterocycles. The Morgan fingerprint density at radius 1 is 0.310 bits per heavy atom. The number of rotatable bonds is 6. The van der Waals surface area contributed by atoms with Gasteiger partial charge in [0.2, 0.25) is 0 Å². The van der Waals surface area contributed by atoms with Crippen LogP contribution < -0.4 is 0 Å². The lowest BCUT2D eigenvalue weighted by Crippen LogP contribution is -2.54. The molecule has 9 aliphatic carbocycles. The standard InChI is InChI=1S/C54H87NOS2/c1-2-11-34(12-3-1)40-13-4-5-14-41(40)35-21-25-37(26-22-35)55(39-29-32-51-47(33-39)43-15-7-9-20-50(43)57-51)38-27-23-36(24-28-38)42-17-10-18-44-45-30-31-49-52(54(45)58-53(42)44)46-16-6-8-19-48(46)56-49/h34-54H,1-33H2. The van der Waals surface area contributed by atoms with Gasteiger partial charge in [-0.1, -0.05) is 77.0 Å². The molecule has 3 aliphatic heterocycles. The molecule has 0 N–H and O–H groups in total. The number of ether oxygens (including phenoxy) is 1. The van der Waals surface area contributed by atoms with E-state index in [1.807, 2.05) is 0 Å². The second-order valence-corrected chi connectivity index (χ2v) is 27.0. The van der Waals surface area contributed by atoms with Crippen molar-refractivity contribution in [1.82, 2.24) is 4.90 Å². The van der Waals surface area contributed by atoms with Gasteiger partial charge in [-0.15, -0.1) is 0 Å². The van der Waals surface area contributed by atoms with Crippen molar-refractivity contribution in [3.8, 4) is 0 Å². The van der Waals surface area contributed by atoms with Gasteiger partial charge < -0.3 is 4.74 Å². The fraction of sp³-hybridized carbons (Fsp3) is 1.00. The number of hydrogen-bond donors (Lipinski definition) is 0. The van der Waals surface area contributed by atoms with Crippen molar-refractivity contribution in [2.75, 3.05) is 0 Å². The molecule has 0 aromatic heterocycles. The van der Waals surface area contributed by atoms with Crippen LogP contribution in [0.2, 0.25) is 0 Å². The average Bonchev–Trinajstić information content (AvgIpc) is 3.98. The first-order valence-electron chi connectivity index (χ1n) is 27.5. The number of thioether (sulfide) groups is 2. The van der Waals surface area contributed by atoms with Crippen molar-refractivity contribution >= 4 is 23.5 Å². The summed E-state index contributed by atoms with van der Waals surface area (Å²) in [6.45, 7) is 0. The van der Waals surface area contributed by atoms with Crippen LogP contribution in [-0.2, 0) is 4.74 Å². The van der Waals surface area contributed by atoms with Crippen molar-refractivity contribution in [1.29, 1.82) is 0 Å². The maximum Gasteiger partial charge on any atom is 0.0621 e. The Morgan fingerprint density at radius 3 is 1.62 bits per heavy atom. The van der Waals surface area contributed by atoms with E-state index in [9.17, 15) is 0 Å². The van der Waals surface area contributed by atoms with Crippen LogP contribution in [-0.4, -0.2) is 56.2 Å². The summed E-state index contributed by atoms with van der Waals surface area (Å²) in [7, 11) is 0. The molecular formula is C54H87NOS2. The zero-order chi connectivity index (χ0) is 38.2. The molecular weight excluding hydrogens is 743 g/mol. The molecule has 0 spiro atoms. The summed E-state index contributed by atoms with van der Waals surface area (Å²) in [6, 6.07) is 2.72. The highest BCUT2D eigenvalue weighted by Crippen LogP contribution is 2.64. The Bertz CT molecular complexity index is 1370. The summed E-state index contributed by atoms with van der Waals surface area (Å²) in [5.74, 6) is 12.4. The van der Waals surface area contributed by atoms with Gasteiger partial charge in [0.15, 0.2) is 0 Å². The van der Waals surface area contributed by atoms with E-state index in [1.54, 1.807) is 154 Å². The minimum Gasteiger partial charge on any atom is -0.374 e. The van der Waals surface area contributed by atoms with Gasteiger partial charge >= 0.3 is 0 Å². The summed E-state index contributed by atoms with van der Waals surface area (Å²) < 4.78 is 6.90. The van der Waals surface area contributed by atoms with Gasteiger partial charge in [-0.3, -0.25) is 4.90 Å². The van der Waals surface area contributed by atoms with Crippen molar-refractivity contribution in [3.63, 3.8) is 0 Å². The summed E-state index contributed by atoms with van der Waals surface area (Å²) in [5, 5.41) is 3.99. The van der Waals surface area contributed by atoms with Crippen LogP contribution in [0.3, 0.4) is 0 Å². The first kappa shape index (κ1) is 40.2. The van der Waals surface area contributed by atoms with Gasteiger partial charge in [0.25, 0.3) is 0 Å². The Hall–Kier alpha value is 0.620.